The highest BCUT2D eigenvalue weighted by Gasteiger charge is 2.21. The molecule has 1 atom stereocenters. The Morgan fingerprint density at radius 3 is 2.71 bits per heavy atom. The minimum absolute atomic E-state index is 0.100. The zero-order valence-corrected chi connectivity index (χ0v) is 11.4. The van der Waals surface area contributed by atoms with E-state index in [1.54, 1.807) is 4.90 Å². The summed E-state index contributed by atoms with van der Waals surface area (Å²) in [5.74, 6) is 0.195. The van der Waals surface area contributed by atoms with Crippen molar-refractivity contribution in [3.05, 3.63) is 29.3 Å². The number of aryl methyl sites for hydroxylation is 1. The van der Waals surface area contributed by atoms with E-state index in [1.807, 2.05) is 33.3 Å². The first-order chi connectivity index (χ1) is 8.00. The van der Waals surface area contributed by atoms with E-state index in [0.717, 1.165) is 12.1 Å². The Balaban J connectivity index is 2.35. The molecule has 2 rings (SSSR count). The fraction of sp³-hybridized carbons (Fsp3) is 0.462. The van der Waals surface area contributed by atoms with Crippen LogP contribution in [-0.2, 0) is 11.2 Å². The maximum absolute atomic E-state index is 11.6. The van der Waals surface area contributed by atoms with Gasteiger partial charge in [0, 0.05) is 19.2 Å². The minimum atomic E-state index is 0.100. The molecule has 1 unspecified atom stereocenters. The van der Waals surface area contributed by atoms with Crippen molar-refractivity contribution in [1.29, 1.82) is 0 Å². The van der Waals surface area contributed by atoms with Gasteiger partial charge in [0.2, 0.25) is 5.91 Å². The quantitative estimate of drug-likeness (QED) is 0.642. The molecule has 0 fully saturated rings. The molecule has 0 saturated heterocycles. The van der Waals surface area contributed by atoms with Crippen molar-refractivity contribution in [2.45, 2.75) is 18.2 Å². The number of rotatable bonds is 2. The molecule has 1 aromatic rings. The van der Waals surface area contributed by atoms with Gasteiger partial charge < -0.3 is 4.90 Å². The van der Waals surface area contributed by atoms with Crippen LogP contribution in [0.2, 0.25) is 0 Å². The predicted octanol–water partition coefficient (Wildman–Crippen LogP) is 2.09. The summed E-state index contributed by atoms with van der Waals surface area (Å²) in [6.07, 6.45) is 1.44. The zero-order valence-electron chi connectivity index (χ0n) is 10.5. The molecular weight excluding hydrogens is 232 g/mol. The molecule has 0 aliphatic carbocycles. The Labute approximate surface area is 108 Å². The van der Waals surface area contributed by atoms with Crippen molar-refractivity contribution in [3.8, 4) is 0 Å². The minimum Gasteiger partial charge on any atom is -0.315 e. The topological polar surface area (TPSA) is 23.6 Å². The normalized spacial score (nSPS) is 17.2. The Hall–Kier alpha value is -1.00. The van der Waals surface area contributed by atoms with Crippen LogP contribution < -0.4 is 4.90 Å². The zero-order chi connectivity index (χ0) is 12.6. The Morgan fingerprint density at radius 2 is 2.06 bits per heavy atom. The van der Waals surface area contributed by atoms with Crippen molar-refractivity contribution in [2.24, 2.45) is 0 Å². The number of amides is 1. The van der Waals surface area contributed by atoms with Gasteiger partial charge in [0.05, 0.1) is 5.37 Å². The average Bonchev–Trinajstić information content (AvgIpc) is 2.32. The van der Waals surface area contributed by atoms with Crippen LogP contribution in [0.25, 0.3) is 0 Å². The fourth-order valence-corrected chi connectivity index (χ4v) is 2.30. The number of hydrogen-bond donors (Lipinski definition) is 1. The van der Waals surface area contributed by atoms with Crippen molar-refractivity contribution in [2.75, 3.05) is 26.0 Å². The maximum atomic E-state index is 11.6. The smallest absolute Gasteiger partial charge is 0.227 e. The van der Waals surface area contributed by atoms with E-state index in [-0.39, 0.29) is 11.3 Å². The molecule has 0 spiro atoms. The monoisotopic (exact) mass is 250 g/mol. The molecule has 1 aromatic carbocycles. The molecule has 0 bridgehead atoms. The number of hydrogen-bond acceptors (Lipinski definition) is 3. The first kappa shape index (κ1) is 12.5. The number of anilines is 1. The van der Waals surface area contributed by atoms with Gasteiger partial charge in [0.15, 0.2) is 0 Å². The van der Waals surface area contributed by atoms with E-state index in [4.69, 9.17) is 0 Å². The molecule has 0 aromatic heterocycles. The summed E-state index contributed by atoms with van der Waals surface area (Å²) >= 11 is 4.57. The summed E-state index contributed by atoms with van der Waals surface area (Å²) in [4.78, 5) is 15.4. The molecule has 1 aliphatic rings. The number of thiol groups is 1. The van der Waals surface area contributed by atoms with E-state index < -0.39 is 0 Å². The lowest BCUT2D eigenvalue weighted by Crippen LogP contribution is -2.31. The molecular formula is C13H18N2OS. The molecule has 1 heterocycles. The number of nitrogens with zero attached hydrogens (tertiary/aromatic N) is 2. The molecule has 0 saturated carbocycles. The van der Waals surface area contributed by atoms with Crippen molar-refractivity contribution in [3.63, 3.8) is 0 Å². The largest absolute Gasteiger partial charge is 0.315 e. The van der Waals surface area contributed by atoms with Gasteiger partial charge in [-0.25, -0.2) is 0 Å². The number of carbonyl (C=O) groups is 1. The third kappa shape index (κ3) is 2.33. The maximum Gasteiger partial charge on any atom is 0.227 e. The van der Waals surface area contributed by atoms with Crippen LogP contribution in [0.5, 0.6) is 0 Å². The second-order valence-corrected chi connectivity index (χ2v) is 5.17. The van der Waals surface area contributed by atoms with Crippen molar-refractivity contribution >= 4 is 24.2 Å². The van der Waals surface area contributed by atoms with Crippen LogP contribution in [0.4, 0.5) is 5.69 Å². The third-order valence-electron chi connectivity index (χ3n) is 3.23. The van der Waals surface area contributed by atoms with Gasteiger partial charge in [-0.15, -0.1) is 0 Å². The highest BCUT2D eigenvalue weighted by atomic mass is 32.1. The summed E-state index contributed by atoms with van der Waals surface area (Å²) in [6, 6.07) is 6.23. The first-order valence-corrected chi connectivity index (χ1v) is 6.26. The van der Waals surface area contributed by atoms with Gasteiger partial charge in [-0.1, -0.05) is 12.1 Å². The molecule has 1 amide bonds. The van der Waals surface area contributed by atoms with Gasteiger partial charge in [-0.2, -0.15) is 12.6 Å². The van der Waals surface area contributed by atoms with Crippen molar-refractivity contribution in [1.82, 2.24) is 4.90 Å². The van der Waals surface area contributed by atoms with Gasteiger partial charge in [0.1, 0.15) is 0 Å². The van der Waals surface area contributed by atoms with Crippen molar-refractivity contribution < 1.29 is 4.79 Å². The number of benzene rings is 1. The third-order valence-corrected chi connectivity index (χ3v) is 3.99. The molecule has 0 radical (unpaired) electrons. The second kappa shape index (κ2) is 4.70. The SMILES string of the molecule is CN1C(=O)CCc2cc(C(S)N(C)C)ccc21. The lowest BCUT2D eigenvalue weighted by atomic mass is 9.99. The fourth-order valence-electron chi connectivity index (χ4n) is 2.14. The van der Waals surface area contributed by atoms with Gasteiger partial charge in [0.25, 0.3) is 0 Å². The van der Waals surface area contributed by atoms with E-state index >= 15 is 0 Å². The van der Waals surface area contributed by atoms with E-state index in [0.29, 0.717) is 6.42 Å². The van der Waals surface area contributed by atoms with Crippen LogP contribution in [0.3, 0.4) is 0 Å². The standard InChI is InChI=1S/C13H18N2OS/c1-14(2)13(17)10-4-6-11-9(8-10)5-7-12(16)15(11)3/h4,6,8,13,17H,5,7H2,1-3H3. The number of carbonyl (C=O) groups excluding carboxylic acids is 1. The summed E-state index contributed by atoms with van der Waals surface area (Å²) in [7, 11) is 5.85. The second-order valence-electron chi connectivity index (χ2n) is 4.68. The molecule has 0 N–H and O–H groups in total. The van der Waals surface area contributed by atoms with Crippen LogP contribution >= 0.6 is 12.6 Å². The van der Waals surface area contributed by atoms with Crippen LogP contribution in [0.1, 0.15) is 22.9 Å². The molecule has 1 aliphatic heterocycles. The summed E-state index contributed by atoms with van der Waals surface area (Å²) in [5, 5.41) is 0.100. The van der Waals surface area contributed by atoms with E-state index in [1.165, 1.54) is 11.1 Å². The molecule has 3 nitrogen and oxygen atoms in total. The van der Waals surface area contributed by atoms with Gasteiger partial charge in [-0.3, -0.25) is 9.69 Å². The Bertz CT molecular complexity index is 445. The lowest BCUT2D eigenvalue weighted by molar-refractivity contribution is -0.118. The first-order valence-electron chi connectivity index (χ1n) is 5.74. The highest BCUT2D eigenvalue weighted by Crippen LogP contribution is 2.31. The number of fused-ring (bicyclic) bond motifs is 1. The van der Waals surface area contributed by atoms with Crippen LogP contribution in [0, 0.1) is 0 Å². The summed E-state index contributed by atoms with van der Waals surface area (Å²) < 4.78 is 0. The van der Waals surface area contributed by atoms with Gasteiger partial charge in [-0.05, 0) is 37.7 Å². The average molecular weight is 250 g/mol. The molecule has 17 heavy (non-hydrogen) atoms. The summed E-state index contributed by atoms with van der Waals surface area (Å²) in [5.41, 5.74) is 3.45. The Kier molecular flexibility index (Phi) is 3.45. The van der Waals surface area contributed by atoms with Crippen LogP contribution in [0.15, 0.2) is 18.2 Å². The highest BCUT2D eigenvalue weighted by molar-refractivity contribution is 7.80. The molecule has 92 valence electrons. The Morgan fingerprint density at radius 1 is 1.35 bits per heavy atom. The van der Waals surface area contributed by atoms with Gasteiger partial charge >= 0.3 is 0 Å². The van der Waals surface area contributed by atoms with E-state index in [9.17, 15) is 4.79 Å². The summed E-state index contributed by atoms with van der Waals surface area (Å²) in [6.45, 7) is 0. The van der Waals surface area contributed by atoms with E-state index in [2.05, 4.69) is 23.6 Å². The predicted molar refractivity (Wildman–Crippen MR) is 73.6 cm³/mol. The molecule has 4 heteroatoms. The van der Waals surface area contributed by atoms with Crippen LogP contribution in [-0.4, -0.2) is 32.0 Å². The lowest BCUT2D eigenvalue weighted by Gasteiger charge is -2.27.